The van der Waals surface area contributed by atoms with Crippen molar-refractivity contribution >= 4 is 34.4 Å². The van der Waals surface area contributed by atoms with Gasteiger partial charge in [0, 0.05) is 0 Å². The molecule has 0 bridgehead atoms. The molecular weight excluding hydrogens is 365 g/mol. The summed E-state index contributed by atoms with van der Waals surface area (Å²) >= 11 is 6.02. The summed E-state index contributed by atoms with van der Waals surface area (Å²) in [6.45, 7) is 1.51. The first-order chi connectivity index (χ1) is 12.3. The zero-order valence-corrected chi connectivity index (χ0v) is 14.2. The number of rotatable bonds is 3. The molecule has 0 fully saturated rings. The first-order valence-corrected chi connectivity index (χ1v) is 7.79. The van der Waals surface area contributed by atoms with Crippen LogP contribution in [0.4, 0.5) is 15.0 Å². The van der Waals surface area contributed by atoms with Crippen LogP contribution in [-0.4, -0.2) is 25.7 Å². The van der Waals surface area contributed by atoms with Gasteiger partial charge in [-0.1, -0.05) is 11.6 Å². The molecule has 1 aromatic carbocycles. The molecule has 4 N–H and O–H groups in total. The van der Waals surface area contributed by atoms with Crippen molar-refractivity contribution in [2.24, 2.45) is 0 Å². The largest absolute Gasteiger partial charge is 0.465 e. The van der Waals surface area contributed by atoms with Crippen molar-refractivity contribution in [3.8, 4) is 5.69 Å². The number of nitrogens with two attached hydrogens (primary N) is 1. The molecule has 3 rings (SSSR count). The smallest absolute Gasteiger partial charge is 0.405 e. The van der Waals surface area contributed by atoms with E-state index >= 15 is 0 Å². The van der Waals surface area contributed by atoms with Crippen molar-refractivity contribution in [3.63, 3.8) is 0 Å². The second-order valence-electron chi connectivity index (χ2n) is 5.51. The van der Waals surface area contributed by atoms with Gasteiger partial charge in [-0.2, -0.15) is 0 Å². The lowest BCUT2D eigenvalue weighted by atomic mass is 10.2. The molecule has 8 nitrogen and oxygen atoms in total. The fourth-order valence-corrected chi connectivity index (χ4v) is 2.80. The van der Waals surface area contributed by atoms with E-state index < -0.39 is 23.5 Å². The Hall–Kier alpha value is -3.20. The molecule has 2 heterocycles. The molecule has 0 aliphatic rings. The van der Waals surface area contributed by atoms with E-state index in [0.29, 0.717) is 5.69 Å². The molecule has 0 spiro atoms. The summed E-state index contributed by atoms with van der Waals surface area (Å²) in [6, 6.07) is 4.20. The van der Waals surface area contributed by atoms with E-state index in [1.807, 2.05) is 0 Å². The molecule has 26 heavy (non-hydrogen) atoms. The second-order valence-corrected chi connectivity index (χ2v) is 5.91. The zero-order chi connectivity index (χ0) is 19.0. The number of halogens is 2. The summed E-state index contributed by atoms with van der Waals surface area (Å²) in [6.07, 6.45) is 0.0429. The number of fused-ring (bicyclic) bond motifs is 1. The third kappa shape index (κ3) is 3.16. The van der Waals surface area contributed by atoms with Gasteiger partial charge in [0.25, 0.3) is 5.56 Å². The minimum atomic E-state index is -1.29. The van der Waals surface area contributed by atoms with Crippen molar-refractivity contribution in [1.82, 2.24) is 19.9 Å². The van der Waals surface area contributed by atoms with Gasteiger partial charge in [0.15, 0.2) is 0 Å². The van der Waals surface area contributed by atoms with Gasteiger partial charge in [-0.25, -0.2) is 19.2 Å². The van der Waals surface area contributed by atoms with Crippen LogP contribution in [0.25, 0.3) is 16.6 Å². The second kappa shape index (κ2) is 6.60. The number of carboxylic acid groups (broad SMARTS) is 1. The number of aromatic nitrogens is 3. The van der Waals surface area contributed by atoms with Crippen LogP contribution in [0.1, 0.15) is 18.8 Å². The average molecular weight is 378 g/mol. The molecule has 1 atom stereocenters. The average Bonchev–Trinajstić information content (AvgIpc) is 2.56. The van der Waals surface area contributed by atoms with Crippen LogP contribution < -0.4 is 16.6 Å². The molecule has 3 aromatic rings. The van der Waals surface area contributed by atoms with Crippen molar-refractivity contribution in [2.75, 3.05) is 5.73 Å². The van der Waals surface area contributed by atoms with Gasteiger partial charge in [0.1, 0.15) is 17.5 Å². The molecule has 0 aliphatic heterocycles. The third-order valence-corrected chi connectivity index (χ3v) is 3.96. The Labute approximate surface area is 151 Å². The topological polar surface area (TPSA) is 123 Å². The first-order valence-electron chi connectivity index (χ1n) is 7.41. The van der Waals surface area contributed by atoms with E-state index in [9.17, 15) is 14.0 Å². The van der Waals surface area contributed by atoms with Crippen LogP contribution in [0.2, 0.25) is 5.02 Å². The number of nitrogen functional groups attached to an aromatic ring is 1. The van der Waals surface area contributed by atoms with Crippen LogP contribution in [0, 0.1) is 5.82 Å². The summed E-state index contributed by atoms with van der Waals surface area (Å²) in [4.78, 5) is 32.2. The van der Waals surface area contributed by atoms with Gasteiger partial charge in [-0.05, 0) is 31.2 Å². The van der Waals surface area contributed by atoms with E-state index in [-0.39, 0.29) is 27.6 Å². The Morgan fingerprint density at radius 1 is 1.42 bits per heavy atom. The number of hydrogen-bond acceptors (Lipinski definition) is 5. The van der Waals surface area contributed by atoms with Crippen LogP contribution in [0.15, 0.2) is 35.3 Å². The Bertz CT molecular complexity index is 1070. The van der Waals surface area contributed by atoms with Gasteiger partial charge in [-0.3, -0.25) is 9.36 Å². The maximum absolute atomic E-state index is 13.7. The molecule has 2 aromatic heterocycles. The SMILES string of the molecule is CC(NC(=O)O)c1nc2c(Cl)cc(F)cc2c(=O)n1-c1ccc(N)nc1. The van der Waals surface area contributed by atoms with E-state index in [0.717, 1.165) is 16.7 Å². The monoisotopic (exact) mass is 377 g/mol. The molecule has 1 amide bonds. The highest BCUT2D eigenvalue weighted by atomic mass is 35.5. The Balaban J connectivity index is 2.38. The van der Waals surface area contributed by atoms with Gasteiger partial charge >= 0.3 is 6.09 Å². The van der Waals surface area contributed by atoms with Gasteiger partial charge < -0.3 is 16.2 Å². The number of pyridine rings is 1. The highest BCUT2D eigenvalue weighted by Crippen LogP contribution is 2.24. The number of benzene rings is 1. The van der Waals surface area contributed by atoms with E-state index in [1.165, 1.54) is 25.3 Å². The van der Waals surface area contributed by atoms with Gasteiger partial charge in [-0.15, -0.1) is 0 Å². The zero-order valence-electron chi connectivity index (χ0n) is 13.4. The highest BCUT2D eigenvalue weighted by molar-refractivity contribution is 6.35. The lowest BCUT2D eigenvalue weighted by Gasteiger charge is -2.18. The van der Waals surface area contributed by atoms with Crippen molar-refractivity contribution in [3.05, 3.63) is 57.5 Å². The van der Waals surface area contributed by atoms with Gasteiger partial charge in [0.2, 0.25) is 0 Å². The number of carbonyl (C=O) groups is 1. The Morgan fingerprint density at radius 2 is 2.15 bits per heavy atom. The molecule has 0 aliphatic carbocycles. The molecule has 1 unspecified atom stereocenters. The van der Waals surface area contributed by atoms with Crippen molar-refractivity contribution in [1.29, 1.82) is 0 Å². The van der Waals surface area contributed by atoms with Crippen molar-refractivity contribution in [2.45, 2.75) is 13.0 Å². The number of amides is 1. The minimum absolute atomic E-state index is 0.0434. The first kappa shape index (κ1) is 17.6. The van der Waals surface area contributed by atoms with Crippen molar-refractivity contribution < 1.29 is 14.3 Å². The predicted molar refractivity (Wildman–Crippen MR) is 94.1 cm³/mol. The fraction of sp³-hybridized carbons (Fsp3) is 0.125. The van der Waals surface area contributed by atoms with E-state index in [2.05, 4.69) is 15.3 Å². The Morgan fingerprint density at radius 3 is 2.77 bits per heavy atom. The fourth-order valence-electron chi connectivity index (χ4n) is 2.55. The molecule has 134 valence electrons. The maximum atomic E-state index is 13.7. The molecule has 0 saturated heterocycles. The maximum Gasteiger partial charge on any atom is 0.405 e. The minimum Gasteiger partial charge on any atom is -0.465 e. The predicted octanol–water partition coefficient (Wildman–Crippen LogP) is 2.48. The summed E-state index contributed by atoms with van der Waals surface area (Å²) < 4.78 is 14.9. The lowest BCUT2D eigenvalue weighted by molar-refractivity contribution is 0.190. The normalized spacial score (nSPS) is 12.1. The van der Waals surface area contributed by atoms with E-state index in [1.54, 1.807) is 0 Å². The number of nitrogens with zero attached hydrogens (tertiary/aromatic N) is 3. The molecule has 0 saturated carbocycles. The number of nitrogens with one attached hydrogen (secondary N) is 1. The third-order valence-electron chi connectivity index (χ3n) is 3.67. The Kier molecular flexibility index (Phi) is 4.47. The number of anilines is 1. The molecule has 0 radical (unpaired) electrons. The molecule has 10 heteroatoms. The van der Waals surface area contributed by atoms with Crippen LogP contribution in [-0.2, 0) is 0 Å². The van der Waals surface area contributed by atoms with Crippen LogP contribution >= 0.6 is 11.6 Å². The van der Waals surface area contributed by atoms with Crippen LogP contribution in [0.3, 0.4) is 0 Å². The summed E-state index contributed by atoms with van der Waals surface area (Å²) in [5.41, 5.74) is 5.33. The summed E-state index contributed by atoms with van der Waals surface area (Å²) in [7, 11) is 0. The standard InChI is InChI=1S/C16H13ClFN5O3/c1-7(21-16(25)26)14-22-13-10(4-8(18)5-11(13)17)15(24)23(14)9-2-3-12(19)20-6-9/h2-7,21H,1H3,(H2,19,20)(H,25,26). The van der Waals surface area contributed by atoms with Crippen LogP contribution in [0.5, 0.6) is 0 Å². The summed E-state index contributed by atoms with van der Waals surface area (Å²) in [5.74, 6) is -0.374. The quantitative estimate of drug-likeness (QED) is 0.644. The van der Waals surface area contributed by atoms with Gasteiger partial charge in [0.05, 0.1) is 33.9 Å². The number of hydrogen-bond donors (Lipinski definition) is 3. The lowest BCUT2D eigenvalue weighted by Crippen LogP contribution is -2.32. The highest BCUT2D eigenvalue weighted by Gasteiger charge is 2.21. The van der Waals surface area contributed by atoms with E-state index in [4.69, 9.17) is 22.4 Å². The summed E-state index contributed by atoms with van der Waals surface area (Å²) in [5, 5.41) is 11.1. The molecular formula is C16H13ClFN5O3.